The number of esters is 1. The third kappa shape index (κ3) is 4.39. The predicted octanol–water partition coefficient (Wildman–Crippen LogP) is 6.65. The smallest absolute Gasteiger partial charge is 0.345 e. The molecule has 5 nitrogen and oxygen atoms in total. The Morgan fingerprint density at radius 3 is 2.32 bits per heavy atom. The van der Waals surface area contributed by atoms with Gasteiger partial charge in [-0.05, 0) is 47.5 Å². The predicted molar refractivity (Wildman–Crippen MR) is 121 cm³/mol. The molecular weight excluding hydrogens is 463 g/mol. The van der Waals surface area contributed by atoms with Gasteiger partial charge in [-0.2, -0.15) is 0 Å². The van der Waals surface area contributed by atoms with E-state index in [0.717, 1.165) is 5.56 Å². The molecule has 0 atom stereocenters. The quantitative estimate of drug-likeness (QED) is 0.188. The van der Waals surface area contributed by atoms with Gasteiger partial charge in [0.1, 0.15) is 11.3 Å². The van der Waals surface area contributed by atoms with Crippen molar-refractivity contribution in [3.8, 4) is 22.6 Å². The zero-order valence-electron chi connectivity index (χ0n) is 15.9. The van der Waals surface area contributed by atoms with E-state index in [1.165, 1.54) is 30.3 Å². The maximum absolute atomic E-state index is 12.5. The highest BCUT2D eigenvalue weighted by molar-refractivity contribution is 6.36. The third-order valence-electron chi connectivity index (χ3n) is 4.55. The fourth-order valence-electron chi connectivity index (χ4n) is 3.06. The van der Waals surface area contributed by atoms with E-state index < -0.39 is 11.6 Å². The number of carbonyl (C=O) groups excluding carboxylic acids is 1. The molecule has 3 aromatic carbocycles. The van der Waals surface area contributed by atoms with Gasteiger partial charge in [0, 0.05) is 22.5 Å². The van der Waals surface area contributed by atoms with Gasteiger partial charge in [0.25, 0.3) is 0 Å². The molecule has 0 fully saturated rings. The van der Waals surface area contributed by atoms with Crippen molar-refractivity contribution in [2.24, 2.45) is 0 Å². The average molecular weight is 476 g/mol. The van der Waals surface area contributed by atoms with Gasteiger partial charge >= 0.3 is 11.6 Å². The van der Waals surface area contributed by atoms with E-state index in [-0.39, 0.29) is 26.9 Å². The molecule has 0 spiro atoms. The molecule has 0 unspecified atom stereocenters. The summed E-state index contributed by atoms with van der Waals surface area (Å²) in [5.74, 6) is -0.0131. The minimum Gasteiger partial charge on any atom is -0.497 e. The highest BCUT2D eigenvalue weighted by atomic mass is 35.5. The first-order valence-corrected chi connectivity index (χ1v) is 10.1. The number of hydrogen-bond acceptors (Lipinski definition) is 5. The number of fused-ring (bicyclic) bond motifs is 1. The molecule has 4 aromatic rings. The summed E-state index contributed by atoms with van der Waals surface area (Å²) >= 11 is 18.3. The molecular formula is C23H13Cl3O5. The molecule has 0 radical (unpaired) electrons. The standard InChI is InChI=1S/C23H13Cl3O5/c1-29-14-5-2-12(3-6-14)16-10-22(27)30-20-11-21(19(26)9-17(16)20)31-23(28)15-7-4-13(24)8-18(15)25/h2-11H,1H3. The summed E-state index contributed by atoms with van der Waals surface area (Å²) in [7, 11) is 1.57. The minimum atomic E-state index is -0.725. The Morgan fingerprint density at radius 2 is 1.65 bits per heavy atom. The second-order valence-corrected chi connectivity index (χ2v) is 7.75. The Labute approximate surface area is 191 Å². The van der Waals surface area contributed by atoms with Gasteiger partial charge in [-0.15, -0.1) is 0 Å². The van der Waals surface area contributed by atoms with Crippen LogP contribution in [-0.4, -0.2) is 13.1 Å². The molecule has 0 aliphatic carbocycles. The van der Waals surface area contributed by atoms with Crippen LogP contribution in [0.25, 0.3) is 22.1 Å². The molecule has 1 heterocycles. The van der Waals surface area contributed by atoms with Gasteiger partial charge in [0.15, 0.2) is 5.75 Å². The lowest BCUT2D eigenvalue weighted by Gasteiger charge is -2.11. The topological polar surface area (TPSA) is 65.7 Å². The third-order valence-corrected chi connectivity index (χ3v) is 5.39. The Hall–Kier alpha value is -2.99. The van der Waals surface area contributed by atoms with Crippen LogP contribution in [0.3, 0.4) is 0 Å². The van der Waals surface area contributed by atoms with Crippen molar-refractivity contribution >= 4 is 51.7 Å². The van der Waals surface area contributed by atoms with E-state index in [0.29, 0.717) is 21.7 Å². The zero-order valence-corrected chi connectivity index (χ0v) is 18.2. The summed E-state index contributed by atoms with van der Waals surface area (Å²) in [5.41, 5.74) is 1.17. The number of ether oxygens (including phenoxy) is 2. The number of hydrogen-bond donors (Lipinski definition) is 0. The summed E-state index contributed by atoms with van der Waals surface area (Å²) < 4.78 is 15.9. The summed E-state index contributed by atoms with van der Waals surface area (Å²) in [6.07, 6.45) is 0. The maximum Gasteiger partial charge on any atom is 0.345 e. The van der Waals surface area contributed by atoms with E-state index in [2.05, 4.69) is 0 Å². The normalized spacial score (nSPS) is 10.8. The van der Waals surface area contributed by atoms with E-state index >= 15 is 0 Å². The molecule has 0 N–H and O–H groups in total. The van der Waals surface area contributed by atoms with Crippen molar-refractivity contribution in [2.45, 2.75) is 0 Å². The largest absolute Gasteiger partial charge is 0.497 e. The molecule has 1 aromatic heterocycles. The van der Waals surface area contributed by atoms with Crippen LogP contribution in [0.2, 0.25) is 15.1 Å². The lowest BCUT2D eigenvalue weighted by atomic mass is 10.0. The highest BCUT2D eigenvalue weighted by Crippen LogP contribution is 2.36. The van der Waals surface area contributed by atoms with Gasteiger partial charge in [0.2, 0.25) is 0 Å². The first-order chi connectivity index (χ1) is 14.9. The number of carbonyl (C=O) groups is 1. The number of rotatable bonds is 4. The van der Waals surface area contributed by atoms with Crippen LogP contribution in [0.4, 0.5) is 0 Å². The average Bonchev–Trinajstić information content (AvgIpc) is 2.74. The van der Waals surface area contributed by atoms with E-state index in [4.69, 9.17) is 48.7 Å². The van der Waals surface area contributed by atoms with Crippen LogP contribution < -0.4 is 15.1 Å². The zero-order chi connectivity index (χ0) is 22.1. The summed E-state index contributed by atoms with van der Waals surface area (Å²) in [5, 5.41) is 1.27. The Bertz CT molecular complexity index is 1360. The summed E-state index contributed by atoms with van der Waals surface area (Å²) in [6, 6.07) is 15.9. The van der Waals surface area contributed by atoms with Gasteiger partial charge in [-0.25, -0.2) is 9.59 Å². The molecule has 31 heavy (non-hydrogen) atoms. The van der Waals surface area contributed by atoms with Crippen LogP contribution in [0, 0.1) is 0 Å². The second kappa shape index (κ2) is 8.63. The highest BCUT2D eigenvalue weighted by Gasteiger charge is 2.18. The van der Waals surface area contributed by atoms with Crippen LogP contribution in [0.15, 0.2) is 69.9 Å². The van der Waals surface area contributed by atoms with Crippen LogP contribution in [0.5, 0.6) is 11.5 Å². The van der Waals surface area contributed by atoms with Crippen LogP contribution in [0.1, 0.15) is 10.4 Å². The van der Waals surface area contributed by atoms with Crippen molar-refractivity contribution in [3.05, 3.63) is 91.7 Å². The number of methoxy groups -OCH3 is 1. The number of halogens is 3. The van der Waals surface area contributed by atoms with Crippen LogP contribution in [-0.2, 0) is 0 Å². The summed E-state index contributed by atoms with van der Waals surface area (Å²) in [4.78, 5) is 24.7. The van der Waals surface area contributed by atoms with E-state index in [1.807, 2.05) is 12.1 Å². The lowest BCUT2D eigenvalue weighted by Crippen LogP contribution is -2.09. The number of benzene rings is 3. The van der Waals surface area contributed by atoms with Crippen LogP contribution >= 0.6 is 34.8 Å². The van der Waals surface area contributed by atoms with Crippen molar-refractivity contribution in [2.75, 3.05) is 7.11 Å². The molecule has 0 amide bonds. The first-order valence-electron chi connectivity index (χ1n) is 8.95. The van der Waals surface area contributed by atoms with Crippen molar-refractivity contribution in [3.63, 3.8) is 0 Å². The fourth-order valence-corrected chi connectivity index (χ4v) is 3.75. The maximum atomic E-state index is 12.5. The van der Waals surface area contributed by atoms with E-state index in [1.54, 1.807) is 25.3 Å². The molecule has 0 aliphatic heterocycles. The van der Waals surface area contributed by atoms with Crippen molar-refractivity contribution in [1.29, 1.82) is 0 Å². The molecule has 0 bridgehead atoms. The Morgan fingerprint density at radius 1 is 0.903 bits per heavy atom. The summed E-state index contributed by atoms with van der Waals surface area (Å²) in [6.45, 7) is 0. The van der Waals surface area contributed by atoms with Crippen molar-refractivity contribution < 1.29 is 18.7 Å². The second-order valence-electron chi connectivity index (χ2n) is 6.50. The van der Waals surface area contributed by atoms with Gasteiger partial charge in [-0.3, -0.25) is 0 Å². The molecule has 4 rings (SSSR count). The Balaban J connectivity index is 1.76. The minimum absolute atomic E-state index is 0.0280. The fraction of sp³-hybridized carbons (Fsp3) is 0.0435. The SMILES string of the molecule is COc1ccc(-c2cc(=O)oc3cc(OC(=O)c4ccc(Cl)cc4Cl)c(Cl)cc23)cc1. The van der Waals surface area contributed by atoms with E-state index in [9.17, 15) is 9.59 Å². The molecule has 0 saturated carbocycles. The van der Waals surface area contributed by atoms with Crippen molar-refractivity contribution in [1.82, 2.24) is 0 Å². The van der Waals surface area contributed by atoms with Gasteiger partial charge < -0.3 is 13.9 Å². The lowest BCUT2D eigenvalue weighted by molar-refractivity contribution is 0.0735. The van der Waals surface area contributed by atoms with Gasteiger partial charge in [-0.1, -0.05) is 46.9 Å². The Kier molecular flexibility index (Phi) is 5.92. The molecule has 8 heteroatoms. The molecule has 156 valence electrons. The monoisotopic (exact) mass is 474 g/mol. The molecule has 0 aliphatic rings. The first kappa shape index (κ1) is 21.2. The van der Waals surface area contributed by atoms with Gasteiger partial charge in [0.05, 0.1) is 22.7 Å². The molecule has 0 saturated heterocycles.